The molecular formula is C24H34O10. The first kappa shape index (κ1) is 26.9. The monoisotopic (exact) mass is 482 g/mol. The van der Waals surface area contributed by atoms with Gasteiger partial charge in [-0.3, -0.25) is 0 Å². The number of hydrogen-bond donors (Lipinski definition) is 8. The van der Waals surface area contributed by atoms with Gasteiger partial charge in [0.25, 0.3) is 0 Å². The molecule has 1 aromatic carbocycles. The summed E-state index contributed by atoms with van der Waals surface area (Å²) in [6.07, 6.45) is -3.66. The third-order valence-electron chi connectivity index (χ3n) is 6.28. The Labute approximate surface area is 197 Å². The molecule has 190 valence electrons. The second-order valence-electron chi connectivity index (χ2n) is 8.68. The molecule has 0 spiro atoms. The lowest BCUT2D eigenvalue weighted by Crippen LogP contribution is -2.58. The largest absolute Gasteiger partial charge is 0.394 e. The number of aliphatic hydroxyl groups is 8. The van der Waals surface area contributed by atoms with E-state index in [2.05, 4.69) is 0 Å². The van der Waals surface area contributed by atoms with Crippen LogP contribution in [0.5, 0.6) is 0 Å². The number of rotatable bonds is 8. The van der Waals surface area contributed by atoms with Crippen molar-refractivity contribution in [2.45, 2.75) is 73.9 Å². The standard InChI is InChI=1S/C24H34O10/c25-11-17-21(29)23(31)19(27)15(33-17)5-1-3-13-7-9-14(10-8-13)4-2-6-16-20(28)24(32)22(30)18(12-26)34-16/h1-4,7-10,15-32H,5-6,11-12H2/t15-,16-,17-,18-,19-,20-,21-,22-,23-,24-/m1/s1. The third kappa shape index (κ3) is 6.29. The molecule has 3 rings (SSSR count). The van der Waals surface area contributed by atoms with Gasteiger partial charge in [0.2, 0.25) is 0 Å². The van der Waals surface area contributed by atoms with E-state index < -0.39 is 74.3 Å². The second kappa shape index (κ2) is 12.3. The molecule has 0 radical (unpaired) electrons. The van der Waals surface area contributed by atoms with E-state index in [0.29, 0.717) is 0 Å². The van der Waals surface area contributed by atoms with Gasteiger partial charge in [0.15, 0.2) is 0 Å². The molecular weight excluding hydrogens is 448 g/mol. The highest BCUT2D eigenvalue weighted by atomic mass is 16.5. The molecule has 10 nitrogen and oxygen atoms in total. The van der Waals surface area contributed by atoms with Gasteiger partial charge in [0.1, 0.15) is 48.8 Å². The van der Waals surface area contributed by atoms with Gasteiger partial charge in [-0.25, -0.2) is 0 Å². The summed E-state index contributed by atoms with van der Waals surface area (Å²) < 4.78 is 10.9. The Bertz CT molecular complexity index is 741. The van der Waals surface area contributed by atoms with Gasteiger partial charge in [-0.2, -0.15) is 0 Å². The first-order valence-corrected chi connectivity index (χ1v) is 11.3. The first-order chi connectivity index (χ1) is 16.3. The van der Waals surface area contributed by atoms with E-state index >= 15 is 0 Å². The maximum atomic E-state index is 10.1. The SMILES string of the molecule is OC[C@H]1O[C@H](CC=Cc2ccc(C=CC[C@H]3O[C@H](CO)[C@@H](O)[C@H](O)[C@@H]3O)cc2)[C@@H](O)[C@@H](O)[C@@H]1O. The van der Waals surface area contributed by atoms with Crippen molar-refractivity contribution < 1.29 is 50.3 Å². The van der Waals surface area contributed by atoms with Crippen LogP contribution in [0.15, 0.2) is 36.4 Å². The molecule has 0 bridgehead atoms. The average Bonchev–Trinajstić information content (AvgIpc) is 2.85. The topological polar surface area (TPSA) is 180 Å². The maximum Gasteiger partial charge on any atom is 0.111 e. The van der Waals surface area contributed by atoms with Crippen LogP contribution < -0.4 is 0 Å². The summed E-state index contributed by atoms with van der Waals surface area (Å²) in [6, 6.07) is 7.49. The summed E-state index contributed by atoms with van der Waals surface area (Å²) in [6.45, 7) is -0.924. The van der Waals surface area contributed by atoms with Crippen molar-refractivity contribution in [2.24, 2.45) is 0 Å². The fourth-order valence-corrected chi connectivity index (χ4v) is 4.14. The lowest BCUT2D eigenvalue weighted by molar-refractivity contribution is -0.227. The molecule has 10 atom stereocenters. The van der Waals surface area contributed by atoms with E-state index in [-0.39, 0.29) is 12.8 Å². The maximum absolute atomic E-state index is 10.1. The second-order valence-corrected chi connectivity index (χ2v) is 8.68. The van der Waals surface area contributed by atoms with Gasteiger partial charge >= 0.3 is 0 Å². The highest BCUT2D eigenvalue weighted by Gasteiger charge is 2.43. The van der Waals surface area contributed by atoms with E-state index in [0.717, 1.165) is 11.1 Å². The van der Waals surface area contributed by atoms with Crippen LogP contribution in [0.3, 0.4) is 0 Å². The van der Waals surface area contributed by atoms with Crippen molar-refractivity contribution in [3.63, 3.8) is 0 Å². The predicted molar refractivity (Wildman–Crippen MR) is 121 cm³/mol. The smallest absolute Gasteiger partial charge is 0.111 e. The van der Waals surface area contributed by atoms with Crippen LogP contribution in [-0.4, -0.2) is 115 Å². The number of benzene rings is 1. The fraction of sp³-hybridized carbons (Fsp3) is 0.583. The van der Waals surface area contributed by atoms with Crippen molar-refractivity contribution in [2.75, 3.05) is 13.2 Å². The molecule has 2 saturated heterocycles. The Morgan fingerprint density at radius 2 is 0.853 bits per heavy atom. The van der Waals surface area contributed by atoms with Crippen molar-refractivity contribution >= 4 is 12.2 Å². The van der Waals surface area contributed by atoms with Crippen LogP contribution in [0.1, 0.15) is 24.0 Å². The van der Waals surface area contributed by atoms with Crippen molar-refractivity contribution in [1.29, 1.82) is 0 Å². The van der Waals surface area contributed by atoms with Crippen LogP contribution in [0.2, 0.25) is 0 Å². The molecule has 10 heteroatoms. The normalized spacial score (nSPS) is 39.2. The molecule has 0 aliphatic carbocycles. The van der Waals surface area contributed by atoms with E-state index in [1.54, 1.807) is 12.2 Å². The van der Waals surface area contributed by atoms with Crippen LogP contribution in [0.25, 0.3) is 12.2 Å². The molecule has 8 N–H and O–H groups in total. The minimum atomic E-state index is -1.39. The van der Waals surface area contributed by atoms with E-state index in [9.17, 15) is 40.9 Å². The molecule has 2 fully saturated rings. The van der Waals surface area contributed by atoms with Gasteiger partial charge < -0.3 is 50.3 Å². The van der Waals surface area contributed by atoms with Crippen molar-refractivity contribution in [3.8, 4) is 0 Å². The molecule has 2 aliphatic heterocycles. The minimum Gasteiger partial charge on any atom is -0.394 e. The lowest BCUT2D eigenvalue weighted by Gasteiger charge is -2.39. The van der Waals surface area contributed by atoms with Gasteiger partial charge in [-0.1, -0.05) is 48.6 Å². The van der Waals surface area contributed by atoms with Crippen LogP contribution in [0, 0.1) is 0 Å². The summed E-state index contributed by atoms with van der Waals surface area (Å²) in [7, 11) is 0. The molecule has 34 heavy (non-hydrogen) atoms. The molecule has 1 aromatic rings. The molecule has 0 unspecified atom stereocenters. The Balaban J connectivity index is 1.51. The van der Waals surface area contributed by atoms with Gasteiger partial charge in [0.05, 0.1) is 25.4 Å². The zero-order valence-electron chi connectivity index (χ0n) is 18.6. The number of hydrogen-bond acceptors (Lipinski definition) is 10. The van der Waals surface area contributed by atoms with Crippen LogP contribution in [0.4, 0.5) is 0 Å². The summed E-state index contributed by atoms with van der Waals surface area (Å²) in [5.74, 6) is 0. The molecule has 2 aliphatic rings. The highest BCUT2D eigenvalue weighted by molar-refractivity contribution is 5.55. The Morgan fingerprint density at radius 3 is 1.18 bits per heavy atom. The zero-order chi connectivity index (χ0) is 24.8. The van der Waals surface area contributed by atoms with Gasteiger partial charge in [-0.15, -0.1) is 0 Å². The average molecular weight is 483 g/mol. The van der Waals surface area contributed by atoms with Crippen LogP contribution in [-0.2, 0) is 9.47 Å². The molecule has 0 saturated carbocycles. The summed E-state index contributed by atoms with van der Waals surface area (Å²) in [5.41, 5.74) is 1.77. The molecule has 0 amide bonds. The van der Waals surface area contributed by atoms with Gasteiger partial charge in [0, 0.05) is 0 Å². The number of aliphatic hydroxyl groups excluding tert-OH is 8. The summed E-state index contributed by atoms with van der Waals surface area (Å²) in [5, 5.41) is 78.0. The highest BCUT2D eigenvalue weighted by Crippen LogP contribution is 2.25. The Kier molecular flexibility index (Phi) is 9.74. The minimum absolute atomic E-state index is 0.280. The zero-order valence-corrected chi connectivity index (χ0v) is 18.6. The molecule has 0 aromatic heterocycles. The third-order valence-corrected chi connectivity index (χ3v) is 6.28. The molecule has 2 heterocycles. The summed E-state index contributed by atoms with van der Waals surface area (Å²) in [4.78, 5) is 0. The Hall–Kier alpha value is -1.70. The van der Waals surface area contributed by atoms with E-state index in [4.69, 9.17) is 9.47 Å². The number of ether oxygens (including phenoxy) is 2. The predicted octanol–water partition coefficient (Wildman–Crippen LogP) is -1.82. The van der Waals surface area contributed by atoms with Crippen molar-refractivity contribution in [3.05, 3.63) is 47.5 Å². The van der Waals surface area contributed by atoms with E-state index in [1.165, 1.54) is 0 Å². The van der Waals surface area contributed by atoms with Crippen molar-refractivity contribution in [1.82, 2.24) is 0 Å². The summed E-state index contributed by atoms with van der Waals surface area (Å²) >= 11 is 0. The first-order valence-electron chi connectivity index (χ1n) is 11.3. The van der Waals surface area contributed by atoms with Crippen LogP contribution >= 0.6 is 0 Å². The quantitative estimate of drug-likeness (QED) is 0.210. The Morgan fingerprint density at radius 1 is 0.529 bits per heavy atom. The lowest BCUT2D eigenvalue weighted by atomic mass is 9.93. The fourth-order valence-electron chi connectivity index (χ4n) is 4.14. The van der Waals surface area contributed by atoms with E-state index in [1.807, 2.05) is 36.4 Å². The van der Waals surface area contributed by atoms with Gasteiger partial charge in [-0.05, 0) is 24.0 Å².